The van der Waals surface area contributed by atoms with Gasteiger partial charge in [0, 0.05) is 12.1 Å². The third kappa shape index (κ3) is 3.88. The zero-order valence-corrected chi connectivity index (χ0v) is 16.1. The normalized spacial score (nSPS) is 26.5. The molecule has 1 aromatic carbocycles. The molecule has 5 nitrogen and oxygen atoms in total. The molecular weight excluding hydrogens is 359 g/mol. The first-order chi connectivity index (χ1) is 13.5. The van der Waals surface area contributed by atoms with Crippen molar-refractivity contribution in [2.45, 2.75) is 38.5 Å². The van der Waals surface area contributed by atoms with E-state index in [4.69, 9.17) is 0 Å². The molecule has 0 spiro atoms. The van der Waals surface area contributed by atoms with Gasteiger partial charge in [-0.05, 0) is 69.0 Å². The quantitative estimate of drug-likeness (QED) is 0.577. The van der Waals surface area contributed by atoms with E-state index in [-0.39, 0.29) is 35.3 Å². The van der Waals surface area contributed by atoms with Crippen LogP contribution in [0, 0.1) is 23.6 Å². The highest BCUT2D eigenvalue weighted by Gasteiger charge is 2.48. The first-order valence-corrected chi connectivity index (χ1v) is 10.4. The molecule has 2 amide bonds. The van der Waals surface area contributed by atoms with E-state index in [0.29, 0.717) is 24.6 Å². The summed E-state index contributed by atoms with van der Waals surface area (Å²) in [6, 6.07) is 5.66. The Kier molecular flexibility index (Phi) is 5.58. The van der Waals surface area contributed by atoms with Crippen LogP contribution in [0.1, 0.15) is 48.9 Å². The molecule has 1 aliphatic carbocycles. The van der Waals surface area contributed by atoms with E-state index in [2.05, 4.69) is 4.90 Å². The Labute approximate surface area is 164 Å². The number of benzene rings is 1. The van der Waals surface area contributed by atoms with E-state index in [1.54, 1.807) is 0 Å². The lowest BCUT2D eigenvalue weighted by atomic mass is 9.81. The van der Waals surface area contributed by atoms with Crippen molar-refractivity contribution < 1.29 is 18.8 Å². The molecule has 3 fully saturated rings. The van der Waals surface area contributed by atoms with Gasteiger partial charge in [0.25, 0.3) is 0 Å². The summed E-state index contributed by atoms with van der Waals surface area (Å²) in [5.74, 6) is -0.0996. The summed E-state index contributed by atoms with van der Waals surface area (Å²) in [7, 11) is 0. The zero-order valence-electron chi connectivity index (χ0n) is 16.1. The lowest BCUT2D eigenvalue weighted by Gasteiger charge is -2.33. The average molecular weight is 386 g/mol. The van der Waals surface area contributed by atoms with Crippen molar-refractivity contribution in [1.29, 1.82) is 0 Å². The molecule has 1 aromatic rings. The van der Waals surface area contributed by atoms with E-state index in [1.807, 2.05) is 0 Å². The van der Waals surface area contributed by atoms with Crippen LogP contribution in [-0.4, -0.2) is 53.6 Å². The molecule has 6 heteroatoms. The molecule has 2 saturated heterocycles. The molecule has 2 atom stereocenters. The molecule has 0 radical (unpaired) electrons. The van der Waals surface area contributed by atoms with Crippen molar-refractivity contribution in [2.24, 2.45) is 17.8 Å². The monoisotopic (exact) mass is 386 g/mol. The van der Waals surface area contributed by atoms with Crippen LogP contribution in [0.3, 0.4) is 0 Å². The Balaban J connectivity index is 1.27. The average Bonchev–Trinajstić information content (AvgIpc) is 2.95. The number of carbonyl (C=O) groups excluding carboxylic acids is 3. The summed E-state index contributed by atoms with van der Waals surface area (Å²) >= 11 is 0. The minimum Gasteiger partial charge on any atom is -0.296 e. The number of halogens is 1. The number of Topliss-reactive ketones (excluding diaryl/α,β-unsaturated/α-hetero) is 1. The molecule has 2 aliphatic heterocycles. The summed E-state index contributed by atoms with van der Waals surface area (Å²) in [6.07, 6.45) is 5.57. The van der Waals surface area contributed by atoms with Gasteiger partial charge in [-0.1, -0.05) is 12.8 Å². The highest BCUT2D eigenvalue weighted by atomic mass is 19.1. The van der Waals surface area contributed by atoms with Crippen LogP contribution in [0.15, 0.2) is 24.3 Å². The van der Waals surface area contributed by atoms with Crippen LogP contribution in [-0.2, 0) is 9.59 Å². The van der Waals surface area contributed by atoms with E-state index in [1.165, 1.54) is 29.2 Å². The number of carbonyl (C=O) groups is 3. The third-order valence-electron chi connectivity index (χ3n) is 6.61. The van der Waals surface area contributed by atoms with Gasteiger partial charge in [0.2, 0.25) is 11.8 Å². The van der Waals surface area contributed by atoms with Gasteiger partial charge in [-0.15, -0.1) is 0 Å². The minimum absolute atomic E-state index is 0.00702. The fourth-order valence-electron chi connectivity index (χ4n) is 4.93. The minimum atomic E-state index is -0.344. The highest BCUT2D eigenvalue weighted by molar-refractivity contribution is 6.05. The lowest BCUT2D eigenvalue weighted by Crippen LogP contribution is -2.42. The standard InChI is InChI=1S/C22H27FN2O3/c23-17-7-5-16(6-8-17)20(26)14-24-11-9-15(10-12-24)13-25-21(27)18-3-1-2-4-19(18)22(25)28/h5-8,15,18-19H,1-4,9-14H2/t18-,19-/m1/s1. The predicted octanol–water partition coefficient (Wildman–Crippen LogP) is 2.90. The van der Waals surface area contributed by atoms with Crippen LogP contribution < -0.4 is 0 Å². The number of fused-ring (bicyclic) bond motifs is 1. The molecule has 0 bridgehead atoms. The Morgan fingerprint density at radius 1 is 0.929 bits per heavy atom. The molecule has 0 unspecified atom stereocenters. The first kappa shape index (κ1) is 19.2. The number of imide groups is 1. The second-order valence-electron chi connectivity index (χ2n) is 8.43. The number of hydrogen-bond acceptors (Lipinski definition) is 4. The maximum absolute atomic E-state index is 13.0. The highest BCUT2D eigenvalue weighted by Crippen LogP contribution is 2.38. The smallest absolute Gasteiger partial charge is 0.233 e. The Morgan fingerprint density at radius 2 is 1.50 bits per heavy atom. The van der Waals surface area contributed by atoms with Gasteiger partial charge in [-0.25, -0.2) is 4.39 Å². The first-order valence-electron chi connectivity index (χ1n) is 10.4. The SMILES string of the molecule is O=C(CN1CCC(CN2C(=O)[C@@H]3CCCC[C@H]3C2=O)CC1)c1ccc(F)cc1. The van der Waals surface area contributed by atoms with Gasteiger partial charge in [-0.3, -0.25) is 24.2 Å². The third-order valence-corrected chi connectivity index (χ3v) is 6.61. The fourth-order valence-corrected chi connectivity index (χ4v) is 4.93. The van der Waals surface area contributed by atoms with Gasteiger partial charge in [0.1, 0.15) is 5.82 Å². The van der Waals surface area contributed by atoms with Crippen LogP contribution in [0.4, 0.5) is 4.39 Å². The summed E-state index contributed by atoms with van der Waals surface area (Å²) in [6.45, 7) is 2.41. The van der Waals surface area contributed by atoms with Crippen molar-refractivity contribution in [3.63, 3.8) is 0 Å². The van der Waals surface area contributed by atoms with Gasteiger partial charge in [-0.2, -0.15) is 0 Å². The summed E-state index contributed by atoms with van der Waals surface area (Å²) in [5, 5.41) is 0. The van der Waals surface area contributed by atoms with E-state index in [9.17, 15) is 18.8 Å². The summed E-state index contributed by atoms with van der Waals surface area (Å²) < 4.78 is 13.0. The molecule has 0 N–H and O–H groups in total. The molecule has 3 aliphatic rings. The largest absolute Gasteiger partial charge is 0.296 e. The van der Waals surface area contributed by atoms with Gasteiger partial charge in [0.05, 0.1) is 18.4 Å². The Bertz CT molecular complexity index is 732. The van der Waals surface area contributed by atoms with Crippen LogP contribution in [0.25, 0.3) is 0 Å². The Morgan fingerprint density at radius 3 is 2.07 bits per heavy atom. The van der Waals surface area contributed by atoms with Gasteiger partial charge >= 0.3 is 0 Å². The van der Waals surface area contributed by atoms with Gasteiger partial charge in [0.15, 0.2) is 5.78 Å². The predicted molar refractivity (Wildman–Crippen MR) is 102 cm³/mol. The van der Waals surface area contributed by atoms with Crippen LogP contribution in [0.2, 0.25) is 0 Å². The number of rotatable bonds is 5. The van der Waals surface area contributed by atoms with Crippen molar-refractivity contribution in [1.82, 2.24) is 9.80 Å². The zero-order chi connectivity index (χ0) is 19.7. The molecular formula is C22H27FN2O3. The van der Waals surface area contributed by atoms with E-state index < -0.39 is 0 Å². The number of piperidine rings is 1. The maximum atomic E-state index is 13.0. The van der Waals surface area contributed by atoms with Crippen molar-refractivity contribution in [3.8, 4) is 0 Å². The second-order valence-corrected chi connectivity index (χ2v) is 8.43. The molecule has 4 rings (SSSR count). The van der Waals surface area contributed by atoms with Crippen molar-refractivity contribution >= 4 is 17.6 Å². The summed E-state index contributed by atoms with van der Waals surface area (Å²) in [5.41, 5.74) is 0.527. The van der Waals surface area contributed by atoms with Crippen molar-refractivity contribution in [2.75, 3.05) is 26.2 Å². The lowest BCUT2D eigenvalue weighted by molar-refractivity contribution is -0.140. The molecule has 2 heterocycles. The number of hydrogen-bond donors (Lipinski definition) is 0. The maximum Gasteiger partial charge on any atom is 0.233 e. The number of amides is 2. The summed E-state index contributed by atoms with van der Waals surface area (Å²) in [4.78, 5) is 41.3. The molecule has 1 saturated carbocycles. The van der Waals surface area contributed by atoms with Gasteiger partial charge < -0.3 is 0 Å². The van der Waals surface area contributed by atoms with Crippen LogP contribution >= 0.6 is 0 Å². The van der Waals surface area contributed by atoms with Crippen LogP contribution in [0.5, 0.6) is 0 Å². The Hall–Kier alpha value is -2.08. The number of ketones is 1. The fraction of sp³-hybridized carbons (Fsp3) is 0.591. The molecule has 150 valence electrons. The van der Waals surface area contributed by atoms with Crippen molar-refractivity contribution in [3.05, 3.63) is 35.6 Å². The molecule has 28 heavy (non-hydrogen) atoms. The second kappa shape index (κ2) is 8.11. The van der Waals surface area contributed by atoms with E-state index in [0.717, 1.165) is 51.6 Å². The topological polar surface area (TPSA) is 57.7 Å². The number of likely N-dealkylation sites (tertiary alicyclic amines) is 2. The molecule has 0 aromatic heterocycles. The number of nitrogens with zero attached hydrogens (tertiary/aromatic N) is 2. The van der Waals surface area contributed by atoms with E-state index >= 15 is 0 Å².